The molecule has 0 radical (unpaired) electrons. The molecule has 0 saturated heterocycles. The van der Waals surface area contributed by atoms with Gasteiger partial charge in [-0.25, -0.2) is 0 Å². The molecule has 1 N–H and O–H groups in total. The first-order valence-corrected chi connectivity index (χ1v) is 6.60. The van der Waals surface area contributed by atoms with E-state index in [-0.39, 0.29) is 0 Å². The molecule has 1 aliphatic rings. The van der Waals surface area contributed by atoms with Gasteiger partial charge in [0.2, 0.25) is 0 Å². The Hall–Kier alpha value is -0.0800. The molecule has 2 atom stereocenters. The van der Waals surface area contributed by atoms with Crippen molar-refractivity contribution in [2.75, 3.05) is 26.7 Å². The van der Waals surface area contributed by atoms with Gasteiger partial charge in [0.25, 0.3) is 0 Å². The first-order chi connectivity index (χ1) is 7.21. The normalized spacial score (nSPS) is 20.6. The van der Waals surface area contributed by atoms with Crippen molar-refractivity contribution in [3.63, 3.8) is 0 Å². The van der Waals surface area contributed by atoms with Crippen LogP contribution in [0.4, 0.5) is 0 Å². The second-order valence-corrected chi connectivity index (χ2v) is 5.08. The summed E-state index contributed by atoms with van der Waals surface area (Å²) in [4.78, 5) is 2.62. The molecular weight excluding hydrogens is 184 g/mol. The number of rotatable bonds is 8. The van der Waals surface area contributed by atoms with E-state index in [9.17, 15) is 0 Å². The second kappa shape index (κ2) is 6.49. The Morgan fingerprint density at radius 2 is 2.00 bits per heavy atom. The van der Waals surface area contributed by atoms with Gasteiger partial charge in [0.15, 0.2) is 0 Å². The van der Waals surface area contributed by atoms with Gasteiger partial charge in [-0.05, 0) is 38.3 Å². The number of nitrogens with zero attached hydrogens (tertiary/aromatic N) is 1. The molecule has 2 nitrogen and oxygen atoms in total. The van der Waals surface area contributed by atoms with Crippen LogP contribution in [0.3, 0.4) is 0 Å². The maximum atomic E-state index is 3.47. The van der Waals surface area contributed by atoms with Crippen LogP contribution < -0.4 is 5.32 Å². The molecule has 0 aromatic rings. The van der Waals surface area contributed by atoms with E-state index in [1.54, 1.807) is 0 Å². The number of nitrogens with one attached hydrogen (secondary N) is 1. The molecule has 0 bridgehead atoms. The van der Waals surface area contributed by atoms with Gasteiger partial charge in [0, 0.05) is 19.1 Å². The van der Waals surface area contributed by atoms with Crippen molar-refractivity contribution in [2.45, 2.75) is 46.1 Å². The largest absolute Gasteiger partial charge is 0.315 e. The molecule has 90 valence electrons. The van der Waals surface area contributed by atoms with Gasteiger partial charge in [-0.2, -0.15) is 0 Å². The SMILES string of the molecule is CCC(C)C(CN(CC)CC1CC1)NC. The summed E-state index contributed by atoms with van der Waals surface area (Å²) in [5.41, 5.74) is 0. The highest BCUT2D eigenvalue weighted by Crippen LogP contribution is 2.29. The van der Waals surface area contributed by atoms with Crippen LogP contribution in [0.25, 0.3) is 0 Å². The number of likely N-dealkylation sites (N-methyl/N-ethyl adjacent to an activating group) is 2. The molecule has 1 aliphatic carbocycles. The zero-order chi connectivity index (χ0) is 11.3. The summed E-state index contributed by atoms with van der Waals surface area (Å²) >= 11 is 0. The fraction of sp³-hybridized carbons (Fsp3) is 1.00. The number of hydrogen-bond acceptors (Lipinski definition) is 2. The molecular formula is C13H28N2. The van der Waals surface area contributed by atoms with Gasteiger partial charge < -0.3 is 10.2 Å². The summed E-state index contributed by atoms with van der Waals surface area (Å²) in [5, 5.41) is 3.47. The third kappa shape index (κ3) is 4.52. The summed E-state index contributed by atoms with van der Waals surface area (Å²) in [6, 6.07) is 0.661. The van der Waals surface area contributed by atoms with E-state index in [2.05, 4.69) is 38.0 Å². The van der Waals surface area contributed by atoms with Crippen molar-refractivity contribution in [1.29, 1.82) is 0 Å². The van der Waals surface area contributed by atoms with Crippen LogP contribution in [0.1, 0.15) is 40.0 Å². The zero-order valence-electron chi connectivity index (χ0n) is 10.9. The predicted octanol–water partition coefficient (Wildman–Crippen LogP) is 2.35. The van der Waals surface area contributed by atoms with E-state index >= 15 is 0 Å². The van der Waals surface area contributed by atoms with Crippen molar-refractivity contribution in [3.05, 3.63) is 0 Å². The predicted molar refractivity (Wildman–Crippen MR) is 67.1 cm³/mol. The van der Waals surface area contributed by atoms with Crippen molar-refractivity contribution in [1.82, 2.24) is 10.2 Å². The average Bonchev–Trinajstić information content (AvgIpc) is 3.06. The van der Waals surface area contributed by atoms with Gasteiger partial charge >= 0.3 is 0 Å². The van der Waals surface area contributed by atoms with Crippen LogP contribution in [-0.4, -0.2) is 37.6 Å². The average molecular weight is 212 g/mol. The van der Waals surface area contributed by atoms with Crippen LogP contribution >= 0.6 is 0 Å². The number of hydrogen-bond donors (Lipinski definition) is 1. The molecule has 15 heavy (non-hydrogen) atoms. The van der Waals surface area contributed by atoms with Crippen LogP contribution in [0.5, 0.6) is 0 Å². The Balaban J connectivity index is 2.32. The first-order valence-electron chi connectivity index (χ1n) is 6.60. The van der Waals surface area contributed by atoms with Crippen LogP contribution in [0.2, 0.25) is 0 Å². The van der Waals surface area contributed by atoms with Crippen molar-refractivity contribution in [2.24, 2.45) is 11.8 Å². The maximum absolute atomic E-state index is 3.47. The third-order valence-electron chi connectivity index (χ3n) is 3.82. The quantitative estimate of drug-likeness (QED) is 0.664. The Bertz CT molecular complexity index is 166. The van der Waals surface area contributed by atoms with Gasteiger partial charge in [0.1, 0.15) is 0 Å². The molecule has 2 unspecified atom stereocenters. The highest BCUT2D eigenvalue weighted by atomic mass is 15.1. The van der Waals surface area contributed by atoms with Crippen molar-refractivity contribution in [3.8, 4) is 0 Å². The highest BCUT2D eigenvalue weighted by Gasteiger charge is 2.25. The fourth-order valence-electron chi connectivity index (χ4n) is 2.12. The van der Waals surface area contributed by atoms with E-state index in [4.69, 9.17) is 0 Å². The molecule has 1 rings (SSSR count). The minimum absolute atomic E-state index is 0.661. The molecule has 0 heterocycles. The van der Waals surface area contributed by atoms with E-state index in [0.29, 0.717) is 6.04 Å². The zero-order valence-corrected chi connectivity index (χ0v) is 10.9. The third-order valence-corrected chi connectivity index (χ3v) is 3.82. The molecule has 2 heteroatoms. The minimum atomic E-state index is 0.661. The summed E-state index contributed by atoms with van der Waals surface area (Å²) in [6.07, 6.45) is 4.20. The molecule has 0 aliphatic heterocycles. The van der Waals surface area contributed by atoms with Crippen LogP contribution in [0.15, 0.2) is 0 Å². The molecule has 1 saturated carbocycles. The summed E-state index contributed by atoms with van der Waals surface area (Å²) in [6.45, 7) is 10.7. The van der Waals surface area contributed by atoms with Gasteiger partial charge in [-0.15, -0.1) is 0 Å². The van der Waals surface area contributed by atoms with Crippen LogP contribution in [0, 0.1) is 11.8 Å². The Labute approximate surface area is 95.4 Å². The fourth-order valence-corrected chi connectivity index (χ4v) is 2.12. The lowest BCUT2D eigenvalue weighted by Crippen LogP contribution is -2.43. The minimum Gasteiger partial charge on any atom is -0.315 e. The lowest BCUT2D eigenvalue weighted by Gasteiger charge is -2.29. The van der Waals surface area contributed by atoms with E-state index < -0.39 is 0 Å². The summed E-state index contributed by atoms with van der Waals surface area (Å²) in [7, 11) is 2.10. The Morgan fingerprint density at radius 1 is 1.33 bits per heavy atom. The Kier molecular flexibility index (Phi) is 5.62. The molecule has 0 spiro atoms. The lowest BCUT2D eigenvalue weighted by atomic mass is 9.99. The summed E-state index contributed by atoms with van der Waals surface area (Å²) < 4.78 is 0. The van der Waals surface area contributed by atoms with E-state index in [1.807, 2.05) is 0 Å². The van der Waals surface area contributed by atoms with Gasteiger partial charge in [0.05, 0.1) is 0 Å². The Morgan fingerprint density at radius 3 is 2.40 bits per heavy atom. The standard InChI is InChI=1S/C13H28N2/c1-5-11(3)13(14-4)10-15(6-2)9-12-7-8-12/h11-14H,5-10H2,1-4H3. The van der Waals surface area contributed by atoms with Crippen molar-refractivity contribution < 1.29 is 0 Å². The van der Waals surface area contributed by atoms with Crippen molar-refractivity contribution >= 4 is 0 Å². The smallest absolute Gasteiger partial charge is 0.0217 e. The molecule has 0 aromatic carbocycles. The second-order valence-electron chi connectivity index (χ2n) is 5.08. The lowest BCUT2D eigenvalue weighted by molar-refractivity contribution is 0.217. The highest BCUT2D eigenvalue weighted by molar-refractivity contribution is 4.80. The molecule has 0 aromatic heterocycles. The summed E-state index contributed by atoms with van der Waals surface area (Å²) in [5.74, 6) is 1.79. The van der Waals surface area contributed by atoms with E-state index in [0.717, 1.165) is 11.8 Å². The molecule has 0 amide bonds. The van der Waals surface area contributed by atoms with Crippen LogP contribution in [-0.2, 0) is 0 Å². The van der Waals surface area contributed by atoms with E-state index in [1.165, 1.54) is 38.9 Å². The monoisotopic (exact) mass is 212 g/mol. The first kappa shape index (κ1) is 13.0. The van der Waals surface area contributed by atoms with Gasteiger partial charge in [-0.3, -0.25) is 0 Å². The topological polar surface area (TPSA) is 15.3 Å². The maximum Gasteiger partial charge on any atom is 0.0217 e. The molecule has 1 fully saturated rings. The van der Waals surface area contributed by atoms with Gasteiger partial charge in [-0.1, -0.05) is 27.2 Å².